The Morgan fingerprint density at radius 1 is 1.03 bits per heavy atom. The fourth-order valence-corrected chi connectivity index (χ4v) is 7.55. The van der Waals surface area contributed by atoms with Gasteiger partial charge in [0.05, 0.1) is 29.8 Å². The number of benzene rings is 1. The first kappa shape index (κ1) is 28.3. The summed E-state index contributed by atoms with van der Waals surface area (Å²) in [6.07, 6.45) is -1.93. The van der Waals surface area contributed by atoms with Gasteiger partial charge in [-0.15, -0.1) is 0 Å². The number of esters is 1. The first-order chi connectivity index (χ1) is 17.9. The van der Waals surface area contributed by atoms with E-state index >= 15 is 0 Å². The zero-order valence-corrected chi connectivity index (χ0v) is 21.9. The van der Waals surface area contributed by atoms with Crippen LogP contribution in [0.5, 0.6) is 0 Å². The SMILES string of the molecule is COC(=O)[C@H]1C[C@@H](S(=O)(=O)N2CCC[C@H](C(=O)N3CCC[C@@H]3C(=O)NCc3ccc(C(F)(F)F)cc3)C2)C1. The smallest absolute Gasteiger partial charge is 0.416 e. The summed E-state index contributed by atoms with van der Waals surface area (Å²) in [5.41, 5.74) is -0.273. The summed E-state index contributed by atoms with van der Waals surface area (Å²) in [6.45, 7) is 0.752. The van der Waals surface area contributed by atoms with Gasteiger partial charge in [0.2, 0.25) is 21.8 Å². The molecule has 0 radical (unpaired) electrons. The van der Waals surface area contributed by atoms with E-state index in [0.29, 0.717) is 44.3 Å². The Balaban J connectivity index is 1.33. The fourth-order valence-electron chi connectivity index (χ4n) is 5.41. The molecular formula is C25H32F3N3O6S. The Morgan fingerprint density at radius 3 is 2.32 bits per heavy atom. The molecule has 13 heteroatoms. The molecule has 2 aliphatic heterocycles. The lowest BCUT2D eigenvalue weighted by Crippen LogP contribution is -2.54. The van der Waals surface area contributed by atoms with Crippen LogP contribution in [0.3, 0.4) is 0 Å². The van der Waals surface area contributed by atoms with E-state index in [-0.39, 0.29) is 37.7 Å². The second kappa shape index (κ2) is 11.2. The van der Waals surface area contributed by atoms with Gasteiger partial charge in [-0.05, 0) is 56.2 Å². The minimum absolute atomic E-state index is 0.0267. The number of hydrogen-bond acceptors (Lipinski definition) is 6. The third kappa shape index (κ3) is 5.98. The van der Waals surface area contributed by atoms with Crippen molar-refractivity contribution in [2.45, 2.75) is 62.5 Å². The lowest BCUT2D eigenvalue weighted by atomic mass is 9.85. The third-order valence-corrected chi connectivity index (χ3v) is 10.0. The average molecular weight is 560 g/mol. The standard InChI is InChI=1S/C25H32F3N3O6S/c1-37-24(34)18-12-20(13-18)38(35,36)30-10-2-4-17(15-30)23(33)31-11-3-5-21(31)22(32)29-14-16-6-8-19(9-7-16)25(26,27)28/h6-9,17-18,20-21H,2-5,10-15H2,1H3,(H,29,32)/t17-,18-,20+,21+/m0/s1. The maximum atomic E-state index is 13.4. The van der Waals surface area contributed by atoms with Gasteiger partial charge in [-0.2, -0.15) is 13.2 Å². The van der Waals surface area contributed by atoms with Gasteiger partial charge in [-0.25, -0.2) is 12.7 Å². The van der Waals surface area contributed by atoms with E-state index < -0.39 is 50.9 Å². The van der Waals surface area contributed by atoms with E-state index in [4.69, 9.17) is 0 Å². The number of likely N-dealkylation sites (tertiary alicyclic amines) is 1. The first-order valence-electron chi connectivity index (χ1n) is 12.7. The minimum atomic E-state index is -4.44. The number of halogens is 3. The van der Waals surface area contributed by atoms with Crippen LogP contribution in [0.1, 0.15) is 49.7 Å². The monoisotopic (exact) mass is 559 g/mol. The molecule has 0 aromatic heterocycles. The van der Waals surface area contributed by atoms with E-state index in [1.165, 1.54) is 28.4 Å². The molecule has 2 amide bonds. The first-order valence-corrected chi connectivity index (χ1v) is 14.2. The number of amides is 2. The number of carbonyl (C=O) groups is 3. The third-order valence-electron chi connectivity index (χ3n) is 7.73. The predicted octanol–water partition coefficient (Wildman–Crippen LogP) is 2.31. The molecular weight excluding hydrogens is 527 g/mol. The highest BCUT2D eigenvalue weighted by Gasteiger charge is 2.47. The summed E-state index contributed by atoms with van der Waals surface area (Å²) in [6, 6.07) is 3.79. The maximum Gasteiger partial charge on any atom is 0.416 e. The Kier molecular flexibility index (Phi) is 8.36. The van der Waals surface area contributed by atoms with Crippen LogP contribution < -0.4 is 5.32 Å². The molecule has 4 rings (SSSR count). The van der Waals surface area contributed by atoms with Gasteiger partial charge in [0.15, 0.2) is 0 Å². The Hall–Kier alpha value is -2.67. The summed E-state index contributed by atoms with van der Waals surface area (Å²) in [5, 5.41) is 2.04. The summed E-state index contributed by atoms with van der Waals surface area (Å²) < 4.78 is 70.5. The maximum absolute atomic E-state index is 13.4. The molecule has 3 aliphatic rings. The topological polar surface area (TPSA) is 113 Å². The number of alkyl halides is 3. The van der Waals surface area contributed by atoms with Crippen LogP contribution in [0.4, 0.5) is 13.2 Å². The van der Waals surface area contributed by atoms with Crippen molar-refractivity contribution in [3.05, 3.63) is 35.4 Å². The number of hydrogen-bond donors (Lipinski definition) is 1. The molecule has 1 saturated carbocycles. The van der Waals surface area contributed by atoms with Crippen molar-refractivity contribution < 1.29 is 40.7 Å². The zero-order chi connectivity index (χ0) is 27.7. The summed E-state index contributed by atoms with van der Waals surface area (Å²) in [5.74, 6) is -2.07. The molecule has 1 aromatic carbocycles. The second-order valence-corrected chi connectivity index (χ2v) is 12.4. The van der Waals surface area contributed by atoms with Crippen molar-refractivity contribution in [3.63, 3.8) is 0 Å². The summed E-state index contributed by atoms with van der Waals surface area (Å²) >= 11 is 0. The fraction of sp³-hybridized carbons (Fsp3) is 0.640. The molecule has 2 saturated heterocycles. The average Bonchev–Trinajstić information content (AvgIpc) is 3.35. The van der Waals surface area contributed by atoms with Gasteiger partial charge < -0.3 is 15.0 Å². The number of nitrogens with zero attached hydrogens (tertiary/aromatic N) is 2. The molecule has 1 aliphatic carbocycles. The van der Waals surface area contributed by atoms with Crippen LogP contribution in [0, 0.1) is 11.8 Å². The number of ether oxygens (including phenoxy) is 1. The van der Waals surface area contributed by atoms with E-state index in [1.54, 1.807) is 0 Å². The largest absolute Gasteiger partial charge is 0.469 e. The van der Waals surface area contributed by atoms with Gasteiger partial charge in [-0.3, -0.25) is 14.4 Å². The minimum Gasteiger partial charge on any atom is -0.469 e. The number of sulfonamides is 1. The van der Waals surface area contributed by atoms with Crippen molar-refractivity contribution in [2.75, 3.05) is 26.7 Å². The van der Waals surface area contributed by atoms with E-state index in [0.717, 1.165) is 12.1 Å². The molecule has 9 nitrogen and oxygen atoms in total. The number of methoxy groups -OCH3 is 1. The van der Waals surface area contributed by atoms with Crippen LogP contribution in [0.2, 0.25) is 0 Å². The normalized spacial score (nSPS) is 26.5. The lowest BCUT2D eigenvalue weighted by molar-refractivity contribution is -0.148. The molecule has 1 N–H and O–H groups in total. The van der Waals surface area contributed by atoms with Gasteiger partial charge >= 0.3 is 12.1 Å². The number of carbonyl (C=O) groups excluding carboxylic acids is 3. The van der Waals surface area contributed by atoms with E-state index in [2.05, 4.69) is 10.1 Å². The van der Waals surface area contributed by atoms with Crippen LogP contribution in [-0.4, -0.2) is 73.4 Å². The number of piperidine rings is 1. The molecule has 2 atom stereocenters. The Labute approximate surface area is 219 Å². The Morgan fingerprint density at radius 2 is 1.68 bits per heavy atom. The van der Waals surface area contributed by atoms with Crippen LogP contribution >= 0.6 is 0 Å². The number of nitrogens with one attached hydrogen (secondary N) is 1. The quantitative estimate of drug-likeness (QED) is 0.513. The molecule has 3 fully saturated rings. The molecule has 0 unspecified atom stereocenters. The van der Waals surface area contributed by atoms with Gasteiger partial charge in [-0.1, -0.05) is 12.1 Å². The van der Waals surface area contributed by atoms with Crippen molar-refractivity contribution in [3.8, 4) is 0 Å². The molecule has 1 aromatic rings. The summed E-state index contributed by atoms with van der Waals surface area (Å²) in [4.78, 5) is 39.4. The van der Waals surface area contributed by atoms with Gasteiger partial charge in [0, 0.05) is 26.2 Å². The molecule has 0 spiro atoms. The predicted molar refractivity (Wildman–Crippen MR) is 130 cm³/mol. The van der Waals surface area contributed by atoms with Crippen molar-refractivity contribution in [1.29, 1.82) is 0 Å². The van der Waals surface area contributed by atoms with Crippen molar-refractivity contribution >= 4 is 27.8 Å². The molecule has 38 heavy (non-hydrogen) atoms. The molecule has 0 bridgehead atoms. The van der Waals surface area contributed by atoms with Gasteiger partial charge in [0.25, 0.3) is 0 Å². The van der Waals surface area contributed by atoms with Crippen LogP contribution in [-0.2, 0) is 41.9 Å². The van der Waals surface area contributed by atoms with Crippen molar-refractivity contribution in [1.82, 2.24) is 14.5 Å². The van der Waals surface area contributed by atoms with E-state index in [1.807, 2.05) is 0 Å². The zero-order valence-electron chi connectivity index (χ0n) is 21.1. The van der Waals surface area contributed by atoms with Gasteiger partial charge in [0.1, 0.15) is 6.04 Å². The van der Waals surface area contributed by atoms with Crippen molar-refractivity contribution in [2.24, 2.45) is 11.8 Å². The van der Waals surface area contributed by atoms with Crippen LogP contribution in [0.15, 0.2) is 24.3 Å². The summed E-state index contributed by atoms with van der Waals surface area (Å²) in [7, 11) is -2.40. The molecule has 2 heterocycles. The highest BCUT2D eigenvalue weighted by Crippen LogP contribution is 2.37. The second-order valence-electron chi connectivity index (χ2n) is 10.2. The highest BCUT2D eigenvalue weighted by atomic mass is 32.2. The molecule has 210 valence electrons. The van der Waals surface area contributed by atoms with Crippen LogP contribution in [0.25, 0.3) is 0 Å². The van der Waals surface area contributed by atoms with E-state index in [9.17, 15) is 36.0 Å². The number of rotatable bonds is 7. The lowest BCUT2D eigenvalue weighted by Gasteiger charge is -2.40. The Bertz CT molecular complexity index is 1150. The highest BCUT2D eigenvalue weighted by molar-refractivity contribution is 7.89.